The molecule has 0 unspecified atom stereocenters. The molecule has 0 fully saturated rings. The number of fused-ring (bicyclic) bond motifs is 1. The van der Waals surface area contributed by atoms with E-state index in [0.717, 1.165) is 33.9 Å². The lowest BCUT2D eigenvalue weighted by molar-refractivity contribution is 0.968. The Morgan fingerprint density at radius 3 is 2.81 bits per heavy atom. The quantitative estimate of drug-likeness (QED) is 0.788. The average molecular weight is 294 g/mol. The summed E-state index contributed by atoms with van der Waals surface area (Å²) >= 11 is 1.61. The number of hydrogen-bond donors (Lipinski definition) is 1. The zero-order chi connectivity index (χ0) is 14.7. The Hall–Kier alpha value is -2.45. The average Bonchev–Trinajstić information content (AvgIpc) is 2.96. The minimum Gasteiger partial charge on any atom is -0.369 e. The topological polar surface area (TPSA) is 61.6 Å². The molecular weight excluding hydrogens is 280 g/mol. The first-order chi connectivity index (χ1) is 10.3. The van der Waals surface area contributed by atoms with Crippen LogP contribution in [0.4, 0.5) is 5.82 Å². The van der Waals surface area contributed by atoms with Crippen LogP contribution in [0.15, 0.2) is 36.4 Å². The van der Waals surface area contributed by atoms with E-state index in [9.17, 15) is 0 Å². The molecule has 0 spiro atoms. The Morgan fingerprint density at radius 2 is 2.05 bits per heavy atom. The van der Waals surface area contributed by atoms with Gasteiger partial charge in [-0.15, -0.1) is 11.3 Å². The summed E-state index contributed by atoms with van der Waals surface area (Å²) in [5.41, 5.74) is 2.34. The van der Waals surface area contributed by atoms with Gasteiger partial charge in [0.1, 0.15) is 22.6 Å². The lowest BCUT2D eigenvalue weighted by atomic mass is 10.2. The van der Waals surface area contributed by atoms with Crippen molar-refractivity contribution in [2.45, 2.75) is 13.3 Å². The molecule has 3 rings (SSSR count). The smallest absolute Gasteiger partial charge is 0.144 e. The maximum atomic E-state index is 9.15. The van der Waals surface area contributed by atoms with Crippen molar-refractivity contribution in [2.75, 3.05) is 11.9 Å². The standard InChI is InChI=1S/C16H14N4S/c1-2-9-18-15-11(10-17)7-8-13(19-15)16-20-12-5-3-4-6-14(12)21-16/h3-8H,2,9H2,1H3,(H,18,19). The van der Waals surface area contributed by atoms with Gasteiger partial charge in [0.05, 0.1) is 15.8 Å². The number of thiazole rings is 1. The first-order valence-corrected chi connectivity index (χ1v) is 7.64. The van der Waals surface area contributed by atoms with Gasteiger partial charge in [0.15, 0.2) is 0 Å². The van der Waals surface area contributed by atoms with E-state index >= 15 is 0 Å². The van der Waals surface area contributed by atoms with Crippen LogP contribution in [0.2, 0.25) is 0 Å². The molecule has 21 heavy (non-hydrogen) atoms. The molecule has 1 aromatic carbocycles. The number of hydrogen-bond acceptors (Lipinski definition) is 5. The molecule has 0 atom stereocenters. The normalized spacial score (nSPS) is 10.5. The van der Waals surface area contributed by atoms with Crippen molar-refractivity contribution >= 4 is 27.4 Å². The van der Waals surface area contributed by atoms with E-state index in [4.69, 9.17) is 5.26 Å². The zero-order valence-electron chi connectivity index (χ0n) is 11.6. The molecule has 0 saturated carbocycles. The fourth-order valence-electron chi connectivity index (χ4n) is 2.03. The van der Waals surface area contributed by atoms with E-state index in [1.807, 2.05) is 24.3 Å². The minimum absolute atomic E-state index is 0.563. The summed E-state index contributed by atoms with van der Waals surface area (Å²) < 4.78 is 1.14. The third-order valence-corrected chi connectivity index (χ3v) is 4.13. The summed E-state index contributed by atoms with van der Waals surface area (Å²) in [4.78, 5) is 9.17. The maximum absolute atomic E-state index is 9.15. The number of rotatable bonds is 4. The molecule has 0 amide bonds. The number of benzene rings is 1. The number of nitrogens with one attached hydrogen (secondary N) is 1. The van der Waals surface area contributed by atoms with Crippen molar-refractivity contribution < 1.29 is 0 Å². The molecule has 2 aromatic heterocycles. The van der Waals surface area contributed by atoms with E-state index in [1.165, 1.54) is 0 Å². The fourth-order valence-corrected chi connectivity index (χ4v) is 2.96. The highest BCUT2D eigenvalue weighted by Crippen LogP contribution is 2.30. The number of aromatic nitrogens is 2. The molecule has 5 heteroatoms. The zero-order valence-corrected chi connectivity index (χ0v) is 12.4. The summed E-state index contributed by atoms with van der Waals surface area (Å²) in [6.45, 7) is 2.88. The molecule has 0 radical (unpaired) electrons. The molecule has 4 nitrogen and oxygen atoms in total. The van der Waals surface area contributed by atoms with Crippen LogP contribution >= 0.6 is 11.3 Å². The number of anilines is 1. The van der Waals surface area contributed by atoms with Crippen molar-refractivity contribution in [3.63, 3.8) is 0 Å². The van der Waals surface area contributed by atoms with E-state index < -0.39 is 0 Å². The Bertz CT molecular complexity index is 784. The molecule has 2 heterocycles. The Labute approximate surface area is 127 Å². The van der Waals surface area contributed by atoms with Gasteiger partial charge < -0.3 is 5.32 Å². The van der Waals surface area contributed by atoms with Gasteiger partial charge in [0, 0.05) is 6.54 Å². The molecule has 0 bridgehead atoms. The van der Waals surface area contributed by atoms with E-state index in [0.29, 0.717) is 11.4 Å². The number of pyridine rings is 1. The Balaban J connectivity index is 2.03. The third kappa shape index (κ3) is 2.71. The van der Waals surface area contributed by atoms with Crippen molar-refractivity contribution in [1.82, 2.24) is 9.97 Å². The molecule has 1 N–H and O–H groups in total. The lowest BCUT2D eigenvalue weighted by Gasteiger charge is -2.06. The van der Waals surface area contributed by atoms with Gasteiger partial charge in [0.25, 0.3) is 0 Å². The van der Waals surface area contributed by atoms with Crippen LogP contribution in [0.5, 0.6) is 0 Å². The first kappa shape index (κ1) is 13.5. The summed E-state index contributed by atoms with van der Waals surface area (Å²) in [6, 6.07) is 13.9. The highest BCUT2D eigenvalue weighted by Gasteiger charge is 2.10. The van der Waals surface area contributed by atoms with Crippen LogP contribution in [-0.4, -0.2) is 16.5 Å². The number of para-hydroxylation sites is 1. The lowest BCUT2D eigenvalue weighted by Crippen LogP contribution is -2.04. The summed E-state index contributed by atoms with van der Waals surface area (Å²) in [6.07, 6.45) is 0.984. The highest BCUT2D eigenvalue weighted by atomic mass is 32.1. The van der Waals surface area contributed by atoms with Crippen LogP contribution in [-0.2, 0) is 0 Å². The van der Waals surface area contributed by atoms with Gasteiger partial charge in [-0.2, -0.15) is 5.26 Å². The molecule has 3 aromatic rings. The maximum Gasteiger partial charge on any atom is 0.144 e. The second kappa shape index (κ2) is 5.90. The predicted molar refractivity (Wildman–Crippen MR) is 86.3 cm³/mol. The number of nitrogens with zero attached hydrogens (tertiary/aromatic N) is 3. The summed E-state index contributed by atoms with van der Waals surface area (Å²) in [5.74, 6) is 0.635. The van der Waals surface area contributed by atoms with Crippen molar-refractivity contribution in [1.29, 1.82) is 5.26 Å². The van der Waals surface area contributed by atoms with Crippen LogP contribution in [0.3, 0.4) is 0 Å². The number of nitriles is 1. The monoisotopic (exact) mass is 294 g/mol. The van der Waals surface area contributed by atoms with Gasteiger partial charge in [-0.1, -0.05) is 19.1 Å². The summed E-state index contributed by atoms with van der Waals surface area (Å²) in [7, 11) is 0. The van der Waals surface area contributed by atoms with Crippen LogP contribution in [0.25, 0.3) is 20.9 Å². The third-order valence-electron chi connectivity index (χ3n) is 3.07. The SMILES string of the molecule is CCCNc1nc(-c2nc3ccccc3s2)ccc1C#N. The molecule has 0 aliphatic carbocycles. The van der Waals surface area contributed by atoms with Gasteiger partial charge in [-0.05, 0) is 30.7 Å². The van der Waals surface area contributed by atoms with Gasteiger partial charge in [-0.3, -0.25) is 0 Å². The van der Waals surface area contributed by atoms with E-state index in [1.54, 1.807) is 17.4 Å². The van der Waals surface area contributed by atoms with Crippen molar-refractivity contribution in [3.8, 4) is 16.8 Å². The van der Waals surface area contributed by atoms with E-state index in [2.05, 4.69) is 34.3 Å². The first-order valence-electron chi connectivity index (χ1n) is 6.82. The Kier molecular flexibility index (Phi) is 3.80. The van der Waals surface area contributed by atoms with Crippen LogP contribution in [0, 0.1) is 11.3 Å². The van der Waals surface area contributed by atoms with Crippen molar-refractivity contribution in [2.24, 2.45) is 0 Å². The van der Waals surface area contributed by atoms with Gasteiger partial charge in [0.2, 0.25) is 0 Å². The van der Waals surface area contributed by atoms with Crippen LogP contribution in [0.1, 0.15) is 18.9 Å². The second-order valence-corrected chi connectivity index (χ2v) is 5.65. The predicted octanol–water partition coefficient (Wildman–Crippen LogP) is 4.05. The summed E-state index contributed by atoms with van der Waals surface area (Å²) in [5, 5.41) is 13.2. The fraction of sp³-hybridized carbons (Fsp3) is 0.188. The Morgan fingerprint density at radius 1 is 1.19 bits per heavy atom. The molecule has 0 saturated heterocycles. The molecule has 0 aliphatic heterocycles. The van der Waals surface area contributed by atoms with Crippen molar-refractivity contribution in [3.05, 3.63) is 42.0 Å². The minimum atomic E-state index is 0.563. The van der Waals surface area contributed by atoms with Crippen LogP contribution < -0.4 is 5.32 Å². The van der Waals surface area contributed by atoms with Gasteiger partial charge in [-0.25, -0.2) is 9.97 Å². The van der Waals surface area contributed by atoms with Gasteiger partial charge >= 0.3 is 0 Å². The van der Waals surface area contributed by atoms with E-state index in [-0.39, 0.29) is 0 Å². The second-order valence-electron chi connectivity index (χ2n) is 4.62. The molecule has 0 aliphatic rings. The largest absolute Gasteiger partial charge is 0.369 e. The highest BCUT2D eigenvalue weighted by molar-refractivity contribution is 7.21. The molecular formula is C16H14N4S. The molecule has 104 valence electrons.